The summed E-state index contributed by atoms with van der Waals surface area (Å²) in [6, 6.07) is 14.4. The molecule has 2 aromatic carbocycles. The zero-order chi connectivity index (χ0) is 19.1. The van der Waals surface area contributed by atoms with Gasteiger partial charge in [0.2, 0.25) is 5.91 Å². The minimum absolute atomic E-state index is 0.174. The molecule has 1 aliphatic heterocycles. The Balaban J connectivity index is 1.56. The second kappa shape index (κ2) is 9.39. The molecule has 6 nitrogen and oxygen atoms in total. The van der Waals surface area contributed by atoms with Crippen LogP contribution in [0.4, 0.5) is 11.4 Å². The summed E-state index contributed by atoms with van der Waals surface area (Å²) in [7, 11) is 0. The third kappa shape index (κ3) is 5.45. The summed E-state index contributed by atoms with van der Waals surface area (Å²) in [5.41, 5.74) is 2.16. The van der Waals surface area contributed by atoms with Gasteiger partial charge in [-0.25, -0.2) is 0 Å². The van der Waals surface area contributed by atoms with Crippen LogP contribution in [0.5, 0.6) is 0 Å². The van der Waals surface area contributed by atoms with Crippen molar-refractivity contribution < 1.29 is 14.3 Å². The second-order valence-electron chi connectivity index (χ2n) is 6.18. The van der Waals surface area contributed by atoms with E-state index in [-0.39, 0.29) is 24.8 Å². The maximum atomic E-state index is 12.3. The third-order valence-electron chi connectivity index (χ3n) is 4.26. The molecular weight excluding hydrogens is 366 g/mol. The fourth-order valence-corrected chi connectivity index (χ4v) is 3.05. The first-order chi connectivity index (χ1) is 13.1. The van der Waals surface area contributed by atoms with Crippen molar-refractivity contribution in [1.82, 2.24) is 5.32 Å². The minimum atomic E-state index is -0.194. The lowest BCUT2D eigenvalue weighted by Crippen LogP contribution is -2.36. The number of ether oxygens (including phenoxy) is 1. The van der Waals surface area contributed by atoms with Crippen molar-refractivity contribution in [1.29, 1.82) is 0 Å². The zero-order valence-corrected chi connectivity index (χ0v) is 15.7. The predicted molar refractivity (Wildman–Crippen MR) is 107 cm³/mol. The molecule has 0 aliphatic carbocycles. The largest absolute Gasteiger partial charge is 0.378 e. The molecular formula is C20H22ClN3O3. The lowest BCUT2D eigenvalue weighted by Gasteiger charge is -2.30. The van der Waals surface area contributed by atoms with Crippen LogP contribution >= 0.6 is 11.6 Å². The molecule has 2 amide bonds. The van der Waals surface area contributed by atoms with E-state index in [1.807, 2.05) is 18.2 Å². The lowest BCUT2D eigenvalue weighted by molar-refractivity contribution is -0.116. The number of halogens is 1. The van der Waals surface area contributed by atoms with E-state index in [1.165, 1.54) is 0 Å². The van der Waals surface area contributed by atoms with Crippen LogP contribution in [0, 0.1) is 0 Å². The molecule has 2 N–H and O–H groups in total. The molecule has 0 aromatic heterocycles. The predicted octanol–water partition coefficient (Wildman–Crippen LogP) is 2.94. The van der Waals surface area contributed by atoms with Crippen molar-refractivity contribution in [3.63, 3.8) is 0 Å². The first kappa shape index (κ1) is 19.2. The SMILES string of the molecule is O=C(CCNC(=O)c1ccccc1)Nc1cc(Cl)ccc1N1CCOCC1. The van der Waals surface area contributed by atoms with Crippen LogP contribution < -0.4 is 15.5 Å². The Morgan fingerprint density at radius 2 is 1.81 bits per heavy atom. The summed E-state index contributed by atoms with van der Waals surface area (Å²) < 4.78 is 5.38. The molecule has 1 heterocycles. The molecule has 0 spiro atoms. The quantitative estimate of drug-likeness (QED) is 0.799. The molecule has 0 atom stereocenters. The van der Waals surface area contributed by atoms with Gasteiger partial charge in [0, 0.05) is 36.6 Å². The Morgan fingerprint density at radius 3 is 2.56 bits per heavy atom. The Kier molecular flexibility index (Phi) is 6.68. The van der Waals surface area contributed by atoms with E-state index in [0.717, 1.165) is 18.8 Å². The number of benzene rings is 2. The van der Waals surface area contributed by atoms with Crippen LogP contribution in [0.25, 0.3) is 0 Å². The van der Waals surface area contributed by atoms with E-state index in [9.17, 15) is 9.59 Å². The van der Waals surface area contributed by atoms with Gasteiger partial charge in [-0.3, -0.25) is 9.59 Å². The summed E-state index contributed by atoms with van der Waals surface area (Å²) in [5.74, 6) is -0.375. The summed E-state index contributed by atoms with van der Waals surface area (Å²) in [5, 5.41) is 6.21. The van der Waals surface area contributed by atoms with Gasteiger partial charge in [-0.05, 0) is 30.3 Å². The van der Waals surface area contributed by atoms with E-state index >= 15 is 0 Å². The Hall–Kier alpha value is -2.57. The van der Waals surface area contributed by atoms with E-state index in [2.05, 4.69) is 15.5 Å². The normalized spacial score (nSPS) is 13.9. The Labute approximate surface area is 163 Å². The smallest absolute Gasteiger partial charge is 0.251 e. The molecule has 7 heteroatoms. The second-order valence-corrected chi connectivity index (χ2v) is 6.62. The number of rotatable bonds is 6. The molecule has 3 rings (SSSR count). The van der Waals surface area contributed by atoms with Crippen molar-refractivity contribution in [2.45, 2.75) is 6.42 Å². The third-order valence-corrected chi connectivity index (χ3v) is 4.49. The van der Waals surface area contributed by atoms with Crippen LogP contribution in [0.15, 0.2) is 48.5 Å². The first-order valence-corrected chi connectivity index (χ1v) is 9.26. The number of carbonyl (C=O) groups is 2. The Bertz CT molecular complexity index is 792. The van der Waals surface area contributed by atoms with Crippen LogP contribution in [0.2, 0.25) is 5.02 Å². The van der Waals surface area contributed by atoms with E-state index < -0.39 is 0 Å². The summed E-state index contributed by atoms with van der Waals surface area (Å²) >= 11 is 6.10. The maximum Gasteiger partial charge on any atom is 0.251 e. The number of amides is 2. The highest BCUT2D eigenvalue weighted by molar-refractivity contribution is 6.31. The van der Waals surface area contributed by atoms with Crippen molar-refractivity contribution >= 4 is 34.8 Å². The highest BCUT2D eigenvalue weighted by Crippen LogP contribution is 2.30. The molecule has 2 aromatic rings. The number of nitrogens with one attached hydrogen (secondary N) is 2. The maximum absolute atomic E-state index is 12.3. The topological polar surface area (TPSA) is 70.7 Å². The number of carbonyl (C=O) groups excluding carboxylic acids is 2. The molecule has 1 fully saturated rings. The van der Waals surface area contributed by atoms with Crippen molar-refractivity contribution in [3.8, 4) is 0 Å². The fraction of sp³-hybridized carbons (Fsp3) is 0.300. The average Bonchev–Trinajstić information content (AvgIpc) is 2.69. The summed E-state index contributed by atoms with van der Waals surface area (Å²) in [6.45, 7) is 3.09. The molecule has 1 saturated heterocycles. The molecule has 0 unspecified atom stereocenters. The first-order valence-electron chi connectivity index (χ1n) is 8.89. The summed E-state index contributed by atoms with van der Waals surface area (Å²) in [4.78, 5) is 26.5. The van der Waals surface area contributed by atoms with Gasteiger partial charge in [-0.1, -0.05) is 29.8 Å². The van der Waals surface area contributed by atoms with Gasteiger partial charge in [-0.15, -0.1) is 0 Å². The minimum Gasteiger partial charge on any atom is -0.378 e. The molecule has 0 radical (unpaired) electrons. The van der Waals surface area contributed by atoms with E-state index in [4.69, 9.17) is 16.3 Å². The number of anilines is 2. The Morgan fingerprint density at radius 1 is 1.07 bits per heavy atom. The van der Waals surface area contributed by atoms with E-state index in [1.54, 1.807) is 30.3 Å². The molecule has 1 aliphatic rings. The van der Waals surface area contributed by atoms with Gasteiger partial charge in [0.1, 0.15) is 0 Å². The number of nitrogens with zero attached hydrogens (tertiary/aromatic N) is 1. The number of morpholine rings is 1. The van der Waals surface area contributed by atoms with Crippen molar-refractivity contribution in [3.05, 3.63) is 59.1 Å². The number of hydrogen-bond donors (Lipinski definition) is 2. The number of hydrogen-bond acceptors (Lipinski definition) is 4. The molecule has 0 saturated carbocycles. The van der Waals surface area contributed by atoms with Crippen LogP contribution in [-0.2, 0) is 9.53 Å². The molecule has 27 heavy (non-hydrogen) atoms. The van der Waals surface area contributed by atoms with Crippen molar-refractivity contribution in [2.75, 3.05) is 43.1 Å². The van der Waals surface area contributed by atoms with Crippen LogP contribution in [0.1, 0.15) is 16.8 Å². The van der Waals surface area contributed by atoms with Gasteiger partial charge in [0.05, 0.1) is 24.6 Å². The van der Waals surface area contributed by atoms with Crippen LogP contribution in [-0.4, -0.2) is 44.7 Å². The highest BCUT2D eigenvalue weighted by Gasteiger charge is 2.16. The zero-order valence-electron chi connectivity index (χ0n) is 14.9. The highest BCUT2D eigenvalue weighted by atomic mass is 35.5. The van der Waals surface area contributed by atoms with Gasteiger partial charge in [0.15, 0.2) is 0 Å². The van der Waals surface area contributed by atoms with Gasteiger partial charge in [0.25, 0.3) is 5.91 Å². The van der Waals surface area contributed by atoms with Gasteiger partial charge >= 0.3 is 0 Å². The van der Waals surface area contributed by atoms with Crippen LogP contribution in [0.3, 0.4) is 0 Å². The molecule has 0 bridgehead atoms. The standard InChI is InChI=1S/C20H22ClN3O3/c21-16-6-7-18(24-10-12-27-13-11-24)17(14-16)23-19(25)8-9-22-20(26)15-4-2-1-3-5-15/h1-7,14H,8-13H2,(H,22,26)(H,23,25). The van der Waals surface area contributed by atoms with Crippen molar-refractivity contribution in [2.24, 2.45) is 0 Å². The van der Waals surface area contributed by atoms with E-state index in [0.29, 0.717) is 29.5 Å². The lowest BCUT2D eigenvalue weighted by atomic mass is 10.2. The van der Waals surface area contributed by atoms with Gasteiger partial charge in [-0.2, -0.15) is 0 Å². The van der Waals surface area contributed by atoms with Gasteiger partial charge < -0.3 is 20.3 Å². The molecule has 142 valence electrons. The summed E-state index contributed by atoms with van der Waals surface area (Å²) in [6.07, 6.45) is 0.174. The average molecular weight is 388 g/mol. The monoisotopic (exact) mass is 387 g/mol. The fourth-order valence-electron chi connectivity index (χ4n) is 2.88.